The molecule has 0 aromatic heterocycles. The molecule has 2 aromatic carbocycles. The Bertz CT molecular complexity index is 1080. The Morgan fingerprint density at radius 1 is 1.03 bits per heavy atom. The molecule has 0 unspecified atom stereocenters. The summed E-state index contributed by atoms with van der Waals surface area (Å²) < 4.78 is 47.0. The number of nitrogens with two attached hydrogens (primary N) is 1. The number of carbonyl (C=O) groups excluding carboxylic acids is 3. The fourth-order valence-corrected chi connectivity index (χ4v) is 4.09. The van der Waals surface area contributed by atoms with Crippen LogP contribution in [-0.4, -0.2) is 38.5 Å². The summed E-state index contributed by atoms with van der Waals surface area (Å²) in [4.78, 5) is 35.4. The number of esters is 1. The van der Waals surface area contributed by atoms with Crippen LogP contribution in [0.2, 0.25) is 0 Å². The molecule has 0 radical (unpaired) electrons. The summed E-state index contributed by atoms with van der Waals surface area (Å²) in [6.07, 6.45) is -1.54. The predicted molar refractivity (Wildman–Crippen MR) is 113 cm³/mol. The maximum atomic E-state index is 14.1. The molecule has 0 saturated carbocycles. The van der Waals surface area contributed by atoms with Crippen LogP contribution < -0.4 is 15.8 Å². The predicted octanol–water partition coefficient (Wildman–Crippen LogP) is 1.48. The number of imide groups is 1. The molecule has 4 N–H and O–H groups in total. The van der Waals surface area contributed by atoms with E-state index in [1.165, 1.54) is 12.1 Å². The molecular formula is C21H24FN3O6S. The lowest BCUT2D eigenvalue weighted by Gasteiger charge is -2.24. The van der Waals surface area contributed by atoms with Crippen LogP contribution in [0.25, 0.3) is 0 Å². The zero-order valence-electron chi connectivity index (χ0n) is 17.4. The Balaban J connectivity index is 2.33. The number of urea groups is 1. The summed E-state index contributed by atoms with van der Waals surface area (Å²) in [5.74, 6) is -3.57. The number of primary amides is 1. The summed E-state index contributed by atoms with van der Waals surface area (Å²) in [6, 6.07) is 10.5. The average Bonchev–Trinajstić information content (AvgIpc) is 2.71. The van der Waals surface area contributed by atoms with Gasteiger partial charge in [0.15, 0.2) is 6.10 Å². The van der Waals surface area contributed by atoms with Gasteiger partial charge in [-0.15, -0.1) is 0 Å². The normalized spacial score (nSPS) is 13.2. The van der Waals surface area contributed by atoms with Crippen molar-refractivity contribution >= 4 is 27.9 Å². The molecule has 9 nitrogen and oxygen atoms in total. The lowest BCUT2D eigenvalue weighted by atomic mass is 10.1. The molecule has 0 aliphatic carbocycles. The SMILES string of the molecule is CC(C)[C@@H](OC(=O)[C@H](Cc1ccccc1)NS(=O)(=O)c1ccccc1F)C(=O)NC(N)=O. The third-order valence-electron chi connectivity index (χ3n) is 4.34. The fraction of sp³-hybridized carbons (Fsp3) is 0.286. The van der Waals surface area contributed by atoms with Crippen LogP contribution in [0.5, 0.6) is 0 Å². The minimum atomic E-state index is -4.45. The summed E-state index contributed by atoms with van der Waals surface area (Å²) in [5.41, 5.74) is 5.54. The average molecular weight is 466 g/mol. The molecule has 0 fully saturated rings. The van der Waals surface area contributed by atoms with Gasteiger partial charge in [-0.25, -0.2) is 17.6 Å². The number of benzene rings is 2. The van der Waals surface area contributed by atoms with E-state index in [1.807, 2.05) is 5.32 Å². The molecular weight excluding hydrogens is 441 g/mol. The highest BCUT2D eigenvalue weighted by molar-refractivity contribution is 7.89. The first-order valence-electron chi connectivity index (χ1n) is 9.63. The Kier molecular flexibility index (Phi) is 8.44. The number of nitrogens with one attached hydrogen (secondary N) is 2. The van der Waals surface area contributed by atoms with Gasteiger partial charge >= 0.3 is 12.0 Å². The number of carbonyl (C=O) groups is 3. The van der Waals surface area contributed by atoms with Gasteiger partial charge in [0.25, 0.3) is 5.91 Å². The molecule has 2 atom stereocenters. The van der Waals surface area contributed by atoms with Crippen molar-refractivity contribution in [2.45, 2.75) is 37.3 Å². The molecule has 0 heterocycles. The van der Waals surface area contributed by atoms with Crippen LogP contribution in [0.1, 0.15) is 19.4 Å². The minimum Gasteiger partial charge on any atom is -0.451 e. The van der Waals surface area contributed by atoms with E-state index in [9.17, 15) is 27.2 Å². The molecule has 0 bridgehead atoms. The quantitative estimate of drug-likeness (QED) is 0.479. The van der Waals surface area contributed by atoms with Crippen LogP contribution in [0.15, 0.2) is 59.5 Å². The molecule has 2 rings (SSSR count). The zero-order chi connectivity index (χ0) is 23.9. The van der Waals surface area contributed by atoms with Gasteiger partial charge in [0.2, 0.25) is 10.0 Å². The van der Waals surface area contributed by atoms with Gasteiger partial charge in [0.05, 0.1) is 0 Å². The van der Waals surface area contributed by atoms with Crippen molar-refractivity contribution in [1.29, 1.82) is 0 Å². The maximum Gasteiger partial charge on any atom is 0.325 e. The molecule has 32 heavy (non-hydrogen) atoms. The van der Waals surface area contributed by atoms with Crippen LogP contribution in [0.3, 0.4) is 0 Å². The van der Waals surface area contributed by atoms with Gasteiger partial charge < -0.3 is 10.5 Å². The van der Waals surface area contributed by atoms with Crippen LogP contribution in [-0.2, 0) is 30.8 Å². The van der Waals surface area contributed by atoms with Crippen LogP contribution in [0.4, 0.5) is 9.18 Å². The summed E-state index contributed by atoms with van der Waals surface area (Å²) in [6.45, 7) is 3.13. The number of halogens is 1. The van der Waals surface area contributed by atoms with Crippen molar-refractivity contribution in [2.75, 3.05) is 0 Å². The number of sulfonamides is 1. The zero-order valence-corrected chi connectivity index (χ0v) is 18.3. The van der Waals surface area contributed by atoms with Gasteiger partial charge in [-0.2, -0.15) is 4.72 Å². The molecule has 0 aliphatic heterocycles. The van der Waals surface area contributed by atoms with E-state index in [4.69, 9.17) is 10.5 Å². The minimum absolute atomic E-state index is 0.129. The van der Waals surface area contributed by atoms with Crippen molar-refractivity contribution in [3.05, 3.63) is 66.0 Å². The first-order valence-corrected chi connectivity index (χ1v) is 11.1. The summed E-state index contributed by atoms with van der Waals surface area (Å²) in [5, 5.41) is 1.83. The third-order valence-corrected chi connectivity index (χ3v) is 5.85. The van der Waals surface area contributed by atoms with Crippen molar-refractivity contribution < 1.29 is 31.9 Å². The van der Waals surface area contributed by atoms with E-state index >= 15 is 0 Å². The lowest BCUT2D eigenvalue weighted by molar-refractivity contribution is -0.159. The number of amides is 3. The number of hydrogen-bond acceptors (Lipinski definition) is 6. The van der Waals surface area contributed by atoms with E-state index in [0.29, 0.717) is 5.56 Å². The van der Waals surface area contributed by atoms with Crippen molar-refractivity contribution in [3.63, 3.8) is 0 Å². The molecule has 0 spiro atoms. The summed E-state index contributed by atoms with van der Waals surface area (Å²) in [7, 11) is -4.45. The van der Waals surface area contributed by atoms with Gasteiger partial charge in [0, 0.05) is 0 Å². The highest BCUT2D eigenvalue weighted by atomic mass is 32.2. The third kappa shape index (κ3) is 6.86. The second-order valence-electron chi connectivity index (χ2n) is 7.25. The summed E-state index contributed by atoms with van der Waals surface area (Å²) >= 11 is 0. The maximum absolute atomic E-state index is 14.1. The molecule has 0 saturated heterocycles. The second kappa shape index (κ2) is 10.8. The smallest absolute Gasteiger partial charge is 0.325 e. The van der Waals surface area contributed by atoms with Gasteiger partial charge in [-0.05, 0) is 30.0 Å². The largest absolute Gasteiger partial charge is 0.451 e. The Morgan fingerprint density at radius 3 is 2.19 bits per heavy atom. The first kappa shape index (κ1) is 25.0. The molecule has 11 heteroatoms. The Hall–Kier alpha value is -3.31. The van der Waals surface area contributed by atoms with E-state index in [0.717, 1.165) is 12.1 Å². The highest BCUT2D eigenvalue weighted by Crippen LogP contribution is 2.17. The number of hydrogen-bond donors (Lipinski definition) is 3. The highest BCUT2D eigenvalue weighted by Gasteiger charge is 2.34. The lowest BCUT2D eigenvalue weighted by Crippen LogP contribution is -2.49. The standard InChI is InChI=1S/C21H24FN3O6S/c1-13(2)18(19(26)24-21(23)28)31-20(27)16(12-14-8-4-3-5-9-14)25-32(29,30)17-11-7-6-10-15(17)22/h3-11,13,16,18,25H,12H2,1-2H3,(H3,23,24,26,28)/t16-,18+/m0/s1. The molecule has 172 valence electrons. The van der Waals surface area contributed by atoms with Gasteiger partial charge in [-0.3, -0.25) is 14.9 Å². The second-order valence-corrected chi connectivity index (χ2v) is 8.93. The van der Waals surface area contributed by atoms with E-state index in [-0.39, 0.29) is 6.42 Å². The van der Waals surface area contributed by atoms with Crippen molar-refractivity contribution in [1.82, 2.24) is 10.0 Å². The van der Waals surface area contributed by atoms with Gasteiger partial charge in [0.1, 0.15) is 16.8 Å². The van der Waals surface area contributed by atoms with E-state index in [2.05, 4.69) is 4.72 Å². The van der Waals surface area contributed by atoms with E-state index < -0.39 is 56.7 Å². The first-order chi connectivity index (χ1) is 15.0. The fourth-order valence-electron chi connectivity index (χ4n) is 2.83. The van der Waals surface area contributed by atoms with Crippen LogP contribution >= 0.6 is 0 Å². The van der Waals surface area contributed by atoms with Crippen LogP contribution in [0, 0.1) is 11.7 Å². The number of ether oxygens (including phenoxy) is 1. The van der Waals surface area contributed by atoms with E-state index in [1.54, 1.807) is 44.2 Å². The number of rotatable bonds is 9. The Morgan fingerprint density at radius 2 is 1.62 bits per heavy atom. The van der Waals surface area contributed by atoms with Gasteiger partial charge in [-0.1, -0.05) is 56.3 Å². The topological polar surface area (TPSA) is 145 Å². The molecule has 0 aliphatic rings. The van der Waals surface area contributed by atoms with Crippen molar-refractivity contribution in [2.24, 2.45) is 11.7 Å². The van der Waals surface area contributed by atoms with Crippen molar-refractivity contribution in [3.8, 4) is 0 Å². The molecule has 3 amide bonds. The Labute approximate surface area is 185 Å². The molecule has 2 aromatic rings. The monoisotopic (exact) mass is 465 g/mol.